The van der Waals surface area contributed by atoms with Crippen molar-refractivity contribution in [2.24, 2.45) is 4.99 Å². The number of hydrogen-bond donors (Lipinski definition) is 3. The molecule has 2 aromatic rings. The van der Waals surface area contributed by atoms with E-state index in [1.165, 1.54) is 0 Å². The number of allylic oxidation sites excluding steroid dienone is 2. The zero-order valence-electron chi connectivity index (χ0n) is 18.6. The maximum Gasteiger partial charge on any atom is 0.168 e. The van der Waals surface area contributed by atoms with E-state index >= 15 is 0 Å². The normalized spacial score (nSPS) is 21.2. The highest BCUT2D eigenvalue weighted by molar-refractivity contribution is 6.14. The zero-order valence-corrected chi connectivity index (χ0v) is 18.6. The largest absolute Gasteiger partial charge is 0.511 e. The molecule has 1 atom stereocenters. The minimum Gasteiger partial charge on any atom is -0.511 e. The Morgan fingerprint density at radius 3 is 2.62 bits per heavy atom. The average Bonchev–Trinajstić information content (AvgIpc) is 3.22. The standard InChI is InChI=1S/C24H32N4O4/c1-32-18-2-3-22-19(14-18)20(16-26-22)17-12-23(30)21(24(31)13-17)15-25-4-5-27-6-8-28(9-7-27)10-11-29/h2-3,14-17,26,29-30H,4-13H2,1H3. The number of aliphatic hydroxyl groups excluding tert-OH is 2. The number of methoxy groups -OCH3 is 1. The number of aromatic nitrogens is 1. The fraction of sp³-hybridized carbons (Fsp3) is 0.500. The fourth-order valence-corrected chi connectivity index (χ4v) is 4.60. The number of carbonyl (C=O) groups is 1. The number of aliphatic imine (C=N–C) groups is 1. The van der Waals surface area contributed by atoms with Crippen molar-refractivity contribution >= 4 is 22.9 Å². The first-order valence-corrected chi connectivity index (χ1v) is 11.2. The van der Waals surface area contributed by atoms with Crippen LogP contribution < -0.4 is 4.74 Å². The molecule has 0 amide bonds. The van der Waals surface area contributed by atoms with Crippen LogP contribution in [0.3, 0.4) is 0 Å². The second kappa shape index (κ2) is 10.3. The number of β-amino-alcohol motifs (C(OH)–C–C–N with tert-alkyl or cyclic N) is 1. The second-order valence-corrected chi connectivity index (χ2v) is 8.49. The van der Waals surface area contributed by atoms with Gasteiger partial charge in [0.05, 0.1) is 25.8 Å². The molecular weight excluding hydrogens is 408 g/mol. The quantitative estimate of drug-likeness (QED) is 0.544. The second-order valence-electron chi connectivity index (χ2n) is 8.49. The van der Waals surface area contributed by atoms with Gasteiger partial charge in [0.25, 0.3) is 0 Å². The third-order valence-electron chi connectivity index (χ3n) is 6.49. The minimum atomic E-state index is -0.0734. The first kappa shape index (κ1) is 22.5. The monoisotopic (exact) mass is 440 g/mol. The van der Waals surface area contributed by atoms with E-state index < -0.39 is 0 Å². The van der Waals surface area contributed by atoms with Gasteiger partial charge in [-0.3, -0.25) is 19.6 Å². The van der Waals surface area contributed by atoms with Gasteiger partial charge in [0.15, 0.2) is 5.78 Å². The molecule has 1 aliphatic carbocycles. The lowest BCUT2D eigenvalue weighted by Gasteiger charge is -2.33. The third kappa shape index (κ3) is 5.03. The number of benzene rings is 1. The summed E-state index contributed by atoms with van der Waals surface area (Å²) < 4.78 is 5.34. The van der Waals surface area contributed by atoms with Gasteiger partial charge in [0.1, 0.15) is 11.5 Å². The Labute approximate surface area is 188 Å². The highest BCUT2D eigenvalue weighted by Crippen LogP contribution is 2.37. The summed E-state index contributed by atoms with van der Waals surface area (Å²) in [6.07, 6.45) is 4.25. The molecule has 1 aromatic carbocycles. The Bertz CT molecular complexity index is 1000. The SMILES string of the molecule is COc1ccc2[nH]cc(C3CC(=O)C(C=NCCN4CCN(CCO)CC4)=C(O)C3)c2c1. The molecule has 1 aliphatic heterocycles. The van der Waals surface area contributed by atoms with E-state index in [2.05, 4.69) is 19.8 Å². The van der Waals surface area contributed by atoms with Gasteiger partial charge in [0.2, 0.25) is 0 Å². The lowest BCUT2D eigenvalue weighted by atomic mass is 9.83. The topological polar surface area (TPSA) is 101 Å². The van der Waals surface area contributed by atoms with Gasteiger partial charge in [-0.25, -0.2) is 0 Å². The smallest absolute Gasteiger partial charge is 0.168 e. The maximum atomic E-state index is 12.8. The molecule has 0 bridgehead atoms. The van der Waals surface area contributed by atoms with Gasteiger partial charge < -0.3 is 19.9 Å². The van der Waals surface area contributed by atoms with E-state index in [1.54, 1.807) is 13.3 Å². The Morgan fingerprint density at radius 2 is 1.94 bits per heavy atom. The van der Waals surface area contributed by atoms with E-state index in [-0.39, 0.29) is 24.1 Å². The van der Waals surface area contributed by atoms with Crippen molar-refractivity contribution in [2.45, 2.75) is 18.8 Å². The van der Waals surface area contributed by atoms with Gasteiger partial charge in [-0.1, -0.05) is 0 Å². The van der Waals surface area contributed by atoms with Crippen LogP contribution in [-0.4, -0.2) is 96.5 Å². The van der Waals surface area contributed by atoms with Crippen molar-refractivity contribution in [1.82, 2.24) is 14.8 Å². The number of nitrogens with one attached hydrogen (secondary N) is 1. The van der Waals surface area contributed by atoms with E-state index in [0.29, 0.717) is 25.0 Å². The molecule has 2 aliphatic rings. The number of aliphatic hydroxyl groups is 2. The first-order valence-electron chi connectivity index (χ1n) is 11.2. The van der Waals surface area contributed by atoms with Gasteiger partial charge in [0, 0.05) is 81.3 Å². The van der Waals surface area contributed by atoms with Crippen molar-refractivity contribution in [3.63, 3.8) is 0 Å². The predicted molar refractivity (Wildman–Crippen MR) is 125 cm³/mol. The molecule has 0 radical (unpaired) electrons. The number of nitrogens with zero attached hydrogens (tertiary/aromatic N) is 3. The molecule has 1 unspecified atom stereocenters. The van der Waals surface area contributed by atoms with Crippen LogP contribution in [0, 0.1) is 0 Å². The van der Waals surface area contributed by atoms with Crippen molar-refractivity contribution in [3.8, 4) is 5.75 Å². The molecule has 8 heteroatoms. The van der Waals surface area contributed by atoms with E-state index in [1.807, 2.05) is 24.4 Å². The summed E-state index contributed by atoms with van der Waals surface area (Å²) in [6, 6.07) is 5.82. The number of hydrogen-bond acceptors (Lipinski definition) is 7. The highest BCUT2D eigenvalue weighted by atomic mass is 16.5. The molecule has 1 fully saturated rings. The van der Waals surface area contributed by atoms with E-state index in [0.717, 1.165) is 61.5 Å². The van der Waals surface area contributed by atoms with Crippen LogP contribution >= 0.6 is 0 Å². The van der Waals surface area contributed by atoms with E-state index in [9.17, 15) is 9.90 Å². The highest BCUT2D eigenvalue weighted by Gasteiger charge is 2.29. The van der Waals surface area contributed by atoms with Gasteiger partial charge >= 0.3 is 0 Å². The summed E-state index contributed by atoms with van der Waals surface area (Å²) in [6.45, 7) is 6.17. The number of carbonyl (C=O) groups excluding carboxylic acids is 1. The van der Waals surface area contributed by atoms with Gasteiger partial charge in [-0.2, -0.15) is 0 Å². The molecule has 3 N–H and O–H groups in total. The summed E-state index contributed by atoms with van der Waals surface area (Å²) in [4.78, 5) is 25.0. The fourth-order valence-electron chi connectivity index (χ4n) is 4.60. The van der Waals surface area contributed by atoms with Crippen LogP contribution in [0.15, 0.2) is 40.7 Å². The molecule has 0 saturated carbocycles. The van der Waals surface area contributed by atoms with Crippen molar-refractivity contribution in [2.75, 3.05) is 59.5 Å². The van der Waals surface area contributed by atoms with E-state index in [4.69, 9.17) is 9.84 Å². The predicted octanol–water partition coefficient (Wildman–Crippen LogP) is 2.12. The summed E-state index contributed by atoms with van der Waals surface area (Å²) in [7, 11) is 1.63. The molecule has 0 spiro atoms. The molecular formula is C24H32N4O4. The molecule has 2 heterocycles. The van der Waals surface area contributed by atoms with Crippen LogP contribution in [0.25, 0.3) is 10.9 Å². The number of aromatic amines is 1. The average molecular weight is 441 g/mol. The molecule has 8 nitrogen and oxygen atoms in total. The number of ketones is 1. The van der Waals surface area contributed by atoms with Crippen molar-refractivity contribution < 1.29 is 19.7 Å². The number of ether oxygens (including phenoxy) is 1. The Hall–Kier alpha value is -2.68. The number of H-pyrrole nitrogens is 1. The zero-order chi connectivity index (χ0) is 22.5. The Morgan fingerprint density at radius 1 is 1.19 bits per heavy atom. The van der Waals surface area contributed by atoms with Gasteiger partial charge in [-0.15, -0.1) is 0 Å². The van der Waals surface area contributed by atoms with Crippen LogP contribution in [0.4, 0.5) is 0 Å². The summed E-state index contributed by atoms with van der Waals surface area (Å²) in [5.74, 6) is 0.737. The first-order chi connectivity index (χ1) is 15.6. The summed E-state index contributed by atoms with van der Waals surface area (Å²) in [5.41, 5.74) is 2.35. The molecule has 1 saturated heterocycles. The third-order valence-corrected chi connectivity index (χ3v) is 6.49. The molecule has 32 heavy (non-hydrogen) atoms. The van der Waals surface area contributed by atoms with Crippen LogP contribution in [-0.2, 0) is 4.79 Å². The van der Waals surface area contributed by atoms with Crippen LogP contribution in [0.2, 0.25) is 0 Å². The number of piperazine rings is 1. The number of Topliss-reactive ketones (excluding diaryl/α,β-unsaturated/α-hetero) is 1. The Balaban J connectivity index is 1.35. The van der Waals surface area contributed by atoms with Crippen molar-refractivity contribution in [1.29, 1.82) is 0 Å². The molecule has 1 aromatic heterocycles. The van der Waals surface area contributed by atoms with Crippen LogP contribution in [0.5, 0.6) is 5.75 Å². The Kier molecular flexibility index (Phi) is 7.24. The molecule has 172 valence electrons. The number of fused-ring (bicyclic) bond motifs is 1. The van der Waals surface area contributed by atoms with Crippen molar-refractivity contribution in [3.05, 3.63) is 41.3 Å². The summed E-state index contributed by atoms with van der Waals surface area (Å²) >= 11 is 0. The maximum absolute atomic E-state index is 12.8. The minimum absolute atomic E-state index is 0.0719. The van der Waals surface area contributed by atoms with Crippen LogP contribution in [0.1, 0.15) is 24.3 Å². The van der Waals surface area contributed by atoms with Gasteiger partial charge in [-0.05, 0) is 23.8 Å². The summed E-state index contributed by atoms with van der Waals surface area (Å²) in [5, 5.41) is 20.7. The lowest BCUT2D eigenvalue weighted by Crippen LogP contribution is -2.47. The number of rotatable bonds is 8. The lowest BCUT2D eigenvalue weighted by molar-refractivity contribution is -0.116. The molecule has 4 rings (SSSR count).